The number of halogens is 3. The van der Waals surface area contributed by atoms with Crippen molar-refractivity contribution in [2.75, 3.05) is 17.2 Å². The second-order valence-corrected chi connectivity index (χ2v) is 4.96. The number of alkyl halides is 3. The van der Waals surface area contributed by atoms with Crippen LogP contribution in [0.2, 0.25) is 0 Å². The predicted octanol–water partition coefficient (Wildman–Crippen LogP) is 3.32. The summed E-state index contributed by atoms with van der Waals surface area (Å²) in [6, 6.07) is 6.05. The molecule has 0 bridgehead atoms. The number of nitrogens with one attached hydrogen (secondary N) is 2. The summed E-state index contributed by atoms with van der Waals surface area (Å²) < 4.78 is 37.9. The molecule has 22 heavy (non-hydrogen) atoms. The zero-order chi connectivity index (χ0) is 15.7. The summed E-state index contributed by atoms with van der Waals surface area (Å²) in [7, 11) is 0. The summed E-state index contributed by atoms with van der Waals surface area (Å²) in [5.74, 6) is -0.474. The van der Waals surface area contributed by atoms with Gasteiger partial charge in [0.05, 0.1) is 17.4 Å². The first-order chi connectivity index (χ1) is 10.4. The molecule has 7 heteroatoms. The van der Waals surface area contributed by atoms with E-state index in [1.807, 2.05) is 6.07 Å². The summed E-state index contributed by atoms with van der Waals surface area (Å²) >= 11 is 0. The highest BCUT2D eigenvalue weighted by Gasteiger charge is 2.31. The van der Waals surface area contributed by atoms with E-state index in [1.54, 1.807) is 12.1 Å². The number of carbonyl (C=O) groups excluding carboxylic acids is 1. The van der Waals surface area contributed by atoms with Gasteiger partial charge < -0.3 is 10.6 Å². The van der Waals surface area contributed by atoms with Crippen LogP contribution >= 0.6 is 0 Å². The van der Waals surface area contributed by atoms with Crippen LogP contribution in [-0.2, 0) is 12.6 Å². The summed E-state index contributed by atoms with van der Waals surface area (Å²) in [5.41, 5.74) is 1.49. The molecular weight excluding hydrogens is 295 g/mol. The van der Waals surface area contributed by atoms with Crippen molar-refractivity contribution in [3.8, 4) is 0 Å². The van der Waals surface area contributed by atoms with Gasteiger partial charge in [0.2, 0.25) is 0 Å². The van der Waals surface area contributed by atoms with Gasteiger partial charge in [0.15, 0.2) is 0 Å². The Morgan fingerprint density at radius 2 is 2.05 bits per heavy atom. The van der Waals surface area contributed by atoms with Crippen LogP contribution < -0.4 is 10.6 Å². The Labute approximate surface area is 124 Å². The van der Waals surface area contributed by atoms with Gasteiger partial charge in [0, 0.05) is 24.0 Å². The van der Waals surface area contributed by atoms with Crippen LogP contribution in [0.5, 0.6) is 0 Å². The number of nitrogens with zero attached hydrogens (tertiary/aromatic N) is 1. The SMILES string of the molecule is O=C(Nc1cncc(C(F)(F)F)c1)c1ccc2c(c1)NCC2. The normalized spacial score (nSPS) is 13.4. The third-order valence-electron chi connectivity index (χ3n) is 3.41. The molecule has 0 fully saturated rings. The number of pyridine rings is 1. The second-order valence-electron chi connectivity index (χ2n) is 4.96. The van der Waals surface area contributed by atoms with Crippen LogP contribution in [0.15, 0.2) is 36.7 Å². The van der Waals surface area contributed by atoms with Crippen LogP contribution in [0.25, 0.3) is 0 Å². The van der Waals surface area contributed by atoms with Gasteiger partial charge in [-0.3, -0.25) is 9.78 Å². The Bertz CT molecular complexity index is 728. The number of rotatable bonds is 2. The number of hydrogen-bond acceptors (Lipinski definition) is 3. The number of benzene rings is 1. The fourth-order valence-electron chi connectivity index (χ4n) is 2.30. The van der Waals surface area contributed by atoms with Crippen LogP contribution in [0.1, 0.15) is 21.5 Å². The van der Waals surface area contributed by atoms with Crippen molar-refractivity contribution >= 4 is 17.3 Å². The van der Waals surface area contributed by atoms with Crippen molar-refractivity contribution in [1.29, 1.82) is 0 Å². The van der Waals surface area contributed by atoms with E-state index < -0.39 is 17.6 Å². The summed E-state index contributed by atoms with van der Waals surface area (Å²) in [6.45, 7) is 0.817. The minimum absolute atomic E-state index is 0.00767. The van der Waals surface area contributed by atoms with E-state index in [9.17, 15) is 18.0 Å². The second kappa shape index (κ2) is 5.32. The number of carbonyl (C=O) groups is 1. The number of aromatic nitrogens is 1. The van der Waals surface area contributed by atoms with Crippen molar-refractivity contribution in [3.63, 3.8) is 0 Å². The van der Waals surface area contributed by atoms with E-state index in [2.05, 4.69) is 15.6 Å². The van der Waals surface area contributed by atoms with Crippen LogP contribution in [0.3, 0.4) is 0 Å². The standard InChI is InChI=1S/C15H12F3N3O/c16-15(17,18)11-6-12(8-19-7-11)21-14(22)10-2-1-9-3-4-20-13(9)5-10/h1-2,5-8,20H,3-4H2,(H,21,22). The summed E-state index contributed by atoms with van der Waals surface area (Å²) in [6.07, 6.45) is -1.70. The quantitative estimate of drug-likeness (QED) is 0.895. The van der Waals surface area contributed by atoms with Crippen molar-refractivity contribution in [2.24, 2.45) is 0 Å². The van der Waals surface area contributed by atoms with Gasteiger partial charge in [-0.2, -0.15) is 13.2 Å². The topological polar surface area (TPSA) is 54.0 Å². The molecule has 0 saturated heterocycles. The lowest BCUT2D eigenvalue weighted by Gasteiger charge is -2.10. The first-order valence-corrected chi connectivity index (χ1v) is 6.64. The molecule has 114 valence electrons. The molecule has 0 unspecified atom stereocenters. The number of anilines is 2. The average molecular weight is 307 g/mol. The highest BCUT2D eigenvalue weighted by Crippen LogP contribution is 2.30. The van der Waals surface area contributed by atoms with E-state index in [0.717, 1.165) is 36.5 Å². The lowest BCUT2D eigenvalue weighted by atomic mass is 10.1. The molecule has 4 nitrogen and oxygen atoms in total. The van der Waals surface area contributed by atoms with E-state index >= 15 is 0 Å². The molecule has 0 spiro atoms. The maximum absolute atomic E-state index is 12.6. The van der Waals surface area contributed by atoms with E-state index in [1.165, 1.54) is 6.20 Å². The molecule has 2 heterocycles. The van der Waals surface area contributed by atoms with Crippen molar-refractivity contribution in [1.82, 2.24) is 4.98 Å². The minimum atomic E-state index is -4.49. The first kappa shape index (κ1) is 14.4. The van der Waals surface area contributed by atoms with Crippen LogP contribution in [0.4, 0.5) is 24.5 Å². The highest BCUT2D eigenvalue weighted by molar-refractivity contribution is 6.05. The third kappa shape index (κ3) is 2.88. The number of amides is 1. The molecule has 1 aliphatic rings. The van der Waals surface area contributed by atoms with Crippen molar-refractivity contribution < 1.29 is 18.0 Å². The van der Waals surface area contributed by atoms with E-state index in [0.29, 0.717) is 5.56 Å². The van der Waals surface area contributed by atoms with Gasteiger partial charge in [0.1, 0.15) is 0 Å². The zero-order valence-corrected chi connectivity index (χ0v) is 11.4. The van der Waals surface area contributed by atoms with Crippen molar-refractivity contribution in [3.05, 3.63) is 53.3 Å². The fourth-order valence-corrected chi connectivity index (χ4v) is 2.30. The maximum Gasteiger partial charge on any atom is 0.417 e. The maximum atomic E-state index is 12.6. The number of hydrogen-bond donors (Lipinski definition) is 2. The molecule has 2 N–H and O–H groups in total. The molecular formula is C15H12F3N3O. The van der Waals surface area contributed by atoms with Gasteiger partial charge in [-0.25, -0.2) is 0 Å². The smallest absolute Gasteiger partial charge is 0.384 e. The Morgan fingerprint density at radius 1 is 1.23 bits per heavy atom. The lowest BCUT2D eigenvalue weighted by Crippen LogP contribution is -2.13. The molecule has 0 radical (unpaired) electrons. The monoisotopic (exact) mass is 307 g/mol. The van der Waals surface area contributed by atoms with Gasteiger partial charge in [-0.05, 0) is 30.2 Å². The Balaban J connectivity index is 1.80. The van der Waals surface area contributed by atoms with Gasteiger partial charge in [-0.15, -0.1) is 0 Å². The van der Waals surface area contributed by atoms with Gasteiger partial charge in [0.25, 0.3) is 5.91 Å². The van der Waals surface area contributed by atoms with Gasteiger partial charge >= 0.3 is 6.18 Å². The molecule has 0 atom stereocenters. The lowest BCUT2D eigenvalue weighted by molar-refractivity contribution is -0.137. The van der Waals surface area contributed by atoms with E-state index in [4.69, 9.17) is 0 Å². The molecule has 1 aromatic heterocycles. The zero-order valence-electron chi connectivity index (χ0n) is 11.4. The fraction of sp³-hybridized carbons (Fsp3) is 0.200. The summed E-state index contributed by atoms with van der Waals surface area (Å²) in [5, 5.41) is 5.58. The highest BCUT2D eigenvalue weighted by atomic mass is 19.4. The molecule has 1 aliphatic heterocycles. The Kier molecular flexibility index (Phi) is 3.48. The molecule has 2 aromatic rings. The van der Waals surface area contributed by atoms with E-state index in [-0.39, 0.29) is 5.69 Å². The molecule has 0 aliphatic carbocycles. The molecule has 1 amide bonds. The van der Waals surface area contributed by atoms with Crippen LogP contribution in [0, 0.1) is 0 Å². The Hall–Kier alpha value is -2.57. The number of fused-ring (bicyclic) bond motifs is 1. The molecule has 3 rings (SSSR count). The average Bonchev–Trinajstić information content (AvgIpc) is 2.94. The van der Waals surface area contributed by atoms with Crippen LogP contribution in [-0.4, -0.2) is 17.4 Å². The largest absolute Gasteiger partial charge is 0.417 e. The minimum Gasteiger partial charge on any atom is -0.384 e. The third-order valence-corrected chi connectivity index (χ3v) is 3.41. The molecule has 1 aromatic carbocycles. The Morgan fingerprint density at radius 3 is 2.82 bits per heavy atom. The first-order valence-electron chi connectivity index (χ1n) is 6.64. The van der Waals surface area contributed by atoms with Gasteiger partial charge in [-0.1, -0.05) is 6.07 Å². The predicted molar refractivity (Wildman–Crippen MR) is 75.8 cm³/mol. The summed E-state index contributed by atoms with van der Waals surface area (Å²) in [4.78, 5) is 15.6. The molecule has 0 saturated carbocycles. The van der Waals surface area contributed by atoms with Crippen molar-refractivity contribution in [2.45, 2.75) is 12.6 Å².